The number of nitrogens with zero attached hydrogens (tertiary/aromatic N) is 1. The Kier molecular flexibility index (Phi) is 6.44. The van der Waals surface area contributed by atoms with Crippen LogP contribution >= 0.6 is 11.8 Å². The highest BCUT2D eigenvalue weighted by molar-refractivity contribution is 7.99. The van der Waals surface area contributed by atoms with Gasteiger partial charge in [0.15, 0.2) is 5.16 Å². The van der Waals surface area contributed by atoms with Crippen molar-refractivity contribution in [3.8, 4) is 11.3 Å². The maximum absolute atomic E-state index is 13.0. The van der Waals surface area contributed by atoms with Gasteiger partial charge in [0.2, 0.25) is 5.91 Å². The number of rotatable bonds is 8. The summed E-state index contributed by atoms with van der Waals surface area (Å²) < 4.78 is 13.0. The number of imidazole rings is 1. The minimum atomic E-state index is -0.271. The molecule has 3 aromatic rings. The van der Waals surface area contributed by atoms with Gasteiger partial charge >= 0.3 is 0 Å². The van der Waals surface area contributed by atoms with Crippen LogP contribution in [0.25, 0.3) is 11.3 Å². The van der Waals surface area contributed by atoms with Gasteiger partial charge in [-0.1, -0.05) is 42.1 Å². The van der Waals surface area contributed by atoms with Gasteiger partial charge in [-0.15, -0.1) is 0 Å². The number of H-pyrrole nitrogens is 1. The number of hydrogen-bond donors (Lipinski definition) is 2. The first-order valence-electron chi connectivity index (χ1n) is 8.45. The van der Waals surface area contributed by atoms with E-state index in [1.54, 1.807) is 18.3 Å². The van der Waals surface area contributed by atoms with Gasteiger partial charge in [0, 0.05) is 6.54 Å². The zero-order valence-electron chi connectivity index (χ0n) is 14.2. The lowest BCUT2D eigenvalue weighted by atomic mass is 10.1. The Balaban J connectivity index is 1.38. The molecule has 0 bridgehead atoms. The highest BCUT2D eigenvalue weighted by Gasteiger charge is 2.07. The third kappa shape index (κ3) is 5.46. The molecule has 3 rings (SSSR count). The average Bonchev–Trinajstić information content (AvgIpc) is 3.14. The van der Waals surface area contributed by atoms with Gasteiger partial charge in [-0.2, -0.15) is 0 Å². The summed E-state index contributed by atoms with van der Waals surface area (Å²) >= 11 is 1.35. The Hall–Kier alpha value is -2.60. The number of hydrogen-bond acceptors (Lipinski definition) is 3. The Morgan fingerprint density at radius 1 is 1.12 bits per heavy atom. The fourth-order valence-electron chi connectivity index (χ4n) is 2.50. The molecular formula is C20H20FN3OS. The highest BCUT2D eigenvalue weighted by atomic mass is 32.2. The van der Waals surface area contributed by atoms with Crippen molar-refractivity contribution in [2.75, 3.05) is 12.3 Å². The number of aromatic amines is 1. The first kappa shape index (κ1) is 18.2. The lowest BCUT2D eigenvalue weighted by Crippen LogP contribution is -2.26. The Morgan fingerprint density at radius 3 is 2.65 bits per heavy atom. The number of aromatic nitrogens is 2. The lowest BCUT2D eigenvalue weighted by molar-refractivity contribution is -0.118. The van der Waals surface area contributed by atoms with Crippen LogP contribution in [-0.2, 0) is 11.2 Å². The van der Waals surface area contributed by atoms with Gasteiger partial charge in [-0.25, -0.2) is 9.37 Å². The summed E-state index contributed by atoms with van der Waals surface area (Å²) in [5.74, 6) is 0.0245. The molecule has 2 N–H and O–H groups in total. The molecule has 4 nitrogen and oxygen atoms in total. The molecule has 0 saturated carbocycles. The van der Waals surface area contributed by atoms with Crippen molar-refractivity contribution in [1.82, 2.24) is 15.3 Å². The van der Waals surface area contributed by atoms with E-state index >= 15 is 0 Å². The van der Waals surface area contributed by atoms with Gasteiger partial charge in [-0.05, 0) is 48.2 Å². The summed E-state index contributed by atoms with van der Waals surface area (Å²) in [6.45, 7) is 0.660. The summed E-state index contributed by atoms with van der Waals surface area (Å²) in [5, 5.41) is 3.59. The number of thioether (sulfide) groups is 1. The number of benzene rings is 2. The largest absolute Gasteiger partial charge is 0.355 e. The Labute approximate surface area is 156 Å². The molecule has 26 heavy (non-hydrogen) atoms. The van der Waals surface area contributed by atoms with Crippen LogP contribution in [-0.4, -0.2) is 28.2 Å². The smallest absolute Gasteiger partial charge is 0.230 e. The lowest BCUT2D eigenvalue weighted by Gasteiger charge is -2.04. The predicted molar refractivity (Wildman–Crippen MR) is 102 cm³/mol. The summed E-state index contributed by atoms with van der Waals surface area (Å²) in [5.41, 5.74) is 2.94. The number of aryl methyl sites for hydroxylation is 1. The molecule has 6 heteroatoms. The molecule has 0 unspecified atom stereocenters. The van der Waals surface area contributed by atoms with Crippen LogP contribution in [0.2, 0.25) is 0 Å². The van der Waals surface area contributed by atoms with Gasteiger partial charge in [0.05, 0.1) is 17.6 Å². The van der Waals surface area contributed by atoms with Crippen molar-refractivity contribution in [3.05, 3.63) is 72.2 Å². The standard InChI is InChI=1S/C20H20FN3OS/c21-17-10-8-16(9-11-17)18-13-23-20(24-18)26-14-19(25)22-12-4-7-15-5-2-1-3-6-15/h1-3,5-6,8-11,13H,4,7,12,14H2,(H,22,25)(H,23,24). The Morgan fingerprint density at radius 2 is 1.88 bits per heavy atom. The van der Waals surface area contributed by atoms with Crippen molar-refractivity contribution in [2.45, 2.75) is 18.0 Å². The maximum atomic E-state index is 13.0. The molecule has 0 radical (unpaired) electrons. The van der Waals surface area contributed by atoms with E-state index in [2.05, 4.69) is 27.4 Å². The van der Waals surface area contributed by atoms with Crippen LogP contribution in [0.4, 0.5) is 4.39 Å². The summed E-state index contributed by atoms with van der Waals surface area (Å²) in [7, 11) is 0. The molecule has 0 fully saturated rings. The molecule has 1 amide bonds. The van der Waals surface area contributed by atoms with E-state index < -0.39 is 0 Å². The van der Waals surface area contributed by atoms with Crippen molar-refractivity contribution in [2.24, 2.45) is 0 Å². The second-order valence-electron chi connectivity index (χ2n) is 5.84. The number of amides is 1. The summed E-state index contributed by atoms with van der Waals surface area (Å²) in [6.07, 6.45) is 3.55. The quantitative estimate of drug-likeness (QED) is 0.465. The molecule has 134 valence electrons. The van der Waals surface area contributed by atoms with Crippen molar-refractivity contribution in [1.29, 1.82) is 0 Å². The molecule has 0 spiro atoms. The van der Waals surface area contributed by atoms with E-state index in [0.717, 1.165) is 24.1 Å². The zero-order chi connectivity index (χ0) is 18.2. The van der Waals surface area contributed by atoms with Gasteiger partial charge < -0.3 is 10.3 Å². The fraction of sp³-hybridized carbons (Fsp3) is 0.200. The van der Waals surface area contributed by atoms with E-state index in [1.807, 2.05) is 18.2 Å². The minimum Gasteiger partial charge on any atom is -0.355 e. The minimum absolute atomic E-state index is 0.0113. The first-order valence-corrected chi connectivity index (χ1v) is 9.43. The van der Waals surface area contributed by atoms with Crippen molar-refractivity contribution in [3.63, 3.8) is 0 Å². The van der Waals surface area contributed by atoms with Crippen LogP contribution in [0, 0.1) is 5.82 Å². The van der Waals surface area contributed by atoms with Crippen LogP contribution in [0.1, 0.15) is 12.0 Å². The van der Waals surface area contributed by atoms with Crippen LogP contribution in [0.15, 0.2) is 66.0 Å². The number of halogens is 1. The molecule has 0 aliphatic carbocycles. The van der Waals surface area contributed by atoms with Crippen LogP contribution in [0.3, 0.4) is 0 Å². The second kappa shape index (κ2) is 9.20. The topological polar surface area (TPSA) is 57.8 Å². The zero-order valence-corrected chi connectivity index (χ0v) is 15.1. The SMILES string of the molecule is O=C(CSc1ncc(-c2ccc(F)cc2)[nH]1)NCCCc1ccccc1. The molecule has 0 atom stereocenters. The molecule has 0 saturated heterocycles. The normalized spacial score (nSPS) is 10.7. The second-order valence-corrected chi connectivity index (χ2v) is 6.80. The van der Waals surface area contributed by atoms with Crippen LogP contribution < -0.4 is 5.32 Å². The highest BCUT2D eigenvalue weighted by Crippen LogP contribution is 2.21. The average molecular weight is 369 g/mol. The Bertz CT molecular complexity index is 834. The fourth-order valence-corrected chi connectivity index (χ4v) is 3.18. The molecule has 1 heterocycles. The van der Waals surface area contributed by atoms with Crippen LogP contribution in [0.5, 0.6) is 0 Å². The first-order chi connectivity index (χ1) is 12.7. The monoisotopic (exact) mass is 369 g/mol. The van der Waals surface area contributed by atoms with E-state index in [4.69, 9.17) is 0 Å². The van der Waals surface area contributed by atoms with Gasteiger partial charge in [0.25, 0.3) is 0 Å². The van der Waals surface area contributed by atoms with Gasteiger partial charge in [0.1, 0.15) is 5.82 Å². The molecule has 0 aliphatic rings. The molecule has 1 aromatic heterocycles. The molecular weight excluding hydrogens is 349 g/mol. The van der Waals surface area contributed by atoms with Crippen molar-refractivity contribution >= 4 is 17.7 Å². The third-order valence-corrected chi connectivity index (χ3v) is 4.74. The molecule has 2 aromatic carbocycles. The number of carbonyl (C=O) groups is 1. The number of nitrogens with one attached hydrogen (secondary N) is 2. The van der Waals surface area contributed by atoms with E-state index in [1.165, 1.54) is 29.5 Å². The van der Waals surface area contributed by atoms with Crippen molar-refractivity contribution < 1.29 is 9.18 Å². The molecule has 0 aliphatic heterocycles. The third-order valence-electron chi connectivity index (χ3n) is 3.85. The van der Waals surface area contributed by atoms with Gasteiger partial charge in [-0.3, -0.25) is 4.79 Å². The van der Waals surface area contributed by atoms with E-state index in [0.29, 0.717) is 17.5 Å². The predicted octanol–water partition coefficient (Wildman–Crippen LogP) is 4.06. The number of carbonyl (C=O) groups excluding carboxylic acids is 1. The maximum Gasteiger partial charge on any atom is 0.230 e. The summed E-state index contributed by atoms with van der Waals surface area (Å²) in [6, 6.07) is 16.4. The summed E-state index contributed by atoms with van der Waals surface area (Å²) in [4.78, 5) is 19.3. The van der Waals surface area contributed by atoms with E-state index in [-0.39, 0.29) is 11.7 Å². The van der Waals surface area contributed by atoms with E-state index in [9.17, 15) is 9.18 Å².